The highest BCUT2D eigenvalue weighted by Gasteiger charge is 2.29. The molecular formula is C14H17F3IN5O. The van der Waals surface area contributed by atoms with Crippen molar-refractivity contribution in [2.24, 2.45) is 4.99 Å². The van der Waals surface area contributed by atoms with Crippen LogP contribution in [0.1, 0.15) is 22.8 Å². The van der Waals surface area contributed by atoms with Gasteiger partial charge in [-0.05, 0) is 24.6 Å². The van der Waals surface area contributed by atoms with E-state index in [0.717, 1.165) is 12.1 Å². The summed E-state index contributed by atoms with van der Waals surface area (Å²) in [6.45, 7) is 2.35. The van der Waals surface area contributed by atoms with E-state index in [4.69, 9.17) is 4.52 Å². The molecule has 1 aromatic heterocycles. The van der Waals surface area contributed by atoms with Crippen molar-refractivity contribution in [3.63, 3.8) is 0 Å². The molecule has 0 radical (unpaired) electrons. The summed E-state index contributed by atoms with van der Waals surface area (Å²) in [6, 6.07) is 4.94. The number of halogens is 4. The summed E-state index contributed by atoms with van der Waals surface area (Å²) in [7, 11) is 1.58. The van der Waals surface area contributed by atoms with Crippen LogP contribution in [0.3, 0.4) is 0 Å². The zero-order valence-corrected chi connectivity index (χ0v) is 15.3. The van der Waals surface area contributed by atoms with Crippen LogP contribution in [-0.4, -0.2) is 23.1 Å². The van der Waals surface area contributed by atoms with Crippen LogP contribution >= 0.6 is 24.0 Å². The molecule has 0 saturated heterocycles. The molecule has 1 aromatic carbocycles. The van der Waals surface area contributed by atoms with E-state index in [1.807, 2.05) is 0 Å². The minimum atomic E-state index is -4.33. The van der Waals surface area contributed by atoms with Gasteiger partial charge in [-0.3, -0.25) is 4.99 Å². The standard InChI is InChI=1S/C14H16F3N5O.HI/c1-9-21-12(23-22-9)8-20-13(18-2)19-7-10-3-5-11(6-4-10)14(15,16)17;/h3-6H,7-8H2,1-2H3,(H2,18,19,20);1H. The molecule has 10 heteroatoms. The monoisotopic (exact) mass is 455 g/mol. The molecule has 0 aliphatic heterocycles. The Hall–Kier alpha value is -1.85. The maximum absolute atomic E-state index is 12.5. The van der Waals surface area contributed by atoms with Gasteiger partial charge < -0.3 is 15.2 Å². The van der Waals surface area contributed by atoms with Gasteiger partial charge in [0.1, 0.15) is 0 Å². The molecule has 0 saturated carbocycles. The van der Waals surface area contributed by atoms with Gasteiger partial charge in [-0.25, -0.2) is 0 Å². The number of aliphatic imine (C=N–C) groups is 1. The second-order valence-corrected chi connectivity index (χ2v) is 4.71. The van der Waals surface area contributed by atoms with Crippen molar-refractivity contribution in [1.29, 1.82) is 0 Å². The second-order valence-electron chi connectivity index (χ2n) is 4.71. The van der Waals surface area contributed by atoms with E-state index in [2.05, 4.69) is 25.8 Å². The molecule has 1 heterocycles. The Bertz CT molecular complexity index is 670. The van der Waals surface area contributed by atoms with E-state index >= 15 is 0 Å². The van der Waals surface area contributed by atoms with Gasteiger partial charge in [0.05, 0.1) is 12.1 Å². The first-order valence-corrected chi connectivity index (χ1v) is 6.78. The van der Waals surface area contributed by atoms with Gasteiger partial charge in [0, 0.05) is 13.6 Å². The minimum Gasteiger partial charge on any atom is -0.352 e. The zero-order chi connectivity index (χ0) is 16.9. The molecule has 0 bridgehead atoms. The third kappa shape index (κ3) is 5.98. The Morgan fingerprint density at radius 3 is 2.29 bits per heavy atom. The molecule has 0 fully saturated rings. The Kier molecular flexibility index (Phi) is 7.45. The van der Waals surface area contributed by atoms with E-state index in [0.29, 0.717) is 36.3 Å². The molecule has 0 amide bonds. The number of nitrogens with one attached hydrogen (secondary N) is 2. The predicted molar refractivity (Wildman–Crippen MR) is 92.9 cm³/mol. The van der Waals surface area contributed by atoms with Crippen LogP contribution in [0.15, 0.2) is 33.8 Å². The minimum absolute atomic E-state index is 0. The topological polar surface area (TPSA) is 75.3 Å². The van der Waals surface area contributed by atoms with E-state index in [9.17, 15) is 13.2 Å². The Morgan fingerprint density at radius 1 is 1.17 bits per heavy atom. The molecule has 0 unspecified atom stereocenters. The largest absolute Gasteiger partial charge is 0.416 e. The lowest BCUT2D eigenvalue weighted by Gasteiger charge is -2.11. The highest BCUT2D eigenvalue weighted by molar-refractivity contribution is 14.0. The van der Waals surface area contributed by atoms with Gasteiger partial charge in [-0.2, -0.15) is 18.2 Å². The average Bonchev–Trinajstić information content (AvgIpc) is 2.92. The van der Waals surface area contributed by atoms with Crippen LogP contribution in [0, 0.1) is 6.92 Å². The van der Waals surface area contributed by atoms with Crippen molar-refractivity contribution < 1.29 is 17.7 Å². The smallest absolute Gasteiger partial charge is 0.352 e. The van der Waals surface area contributed by atoms with E-state index in [1.54, 1.807) is 14.0 Å². The third-order valence-corrected chi connectivity index (χ3v) is 2.94. The SMILES string of the molecule is CN=C(NCc1ccc(C(F)(F)F)cc1)NCc1nc(C)no1.I. The van der Waals surface area contributed by atoms with Crippen LogP contribution in [0.4, 0.5) is 13.2 Å². The summed E-state index contributed by atoms with van der Waals surface area (Å²) < 4.78 is 42.4. The average molecular weight is 455 g/mol. The molecule has 2 N–H and O–H groups in total. The number of alkyl halides is 3. The molecule has 132 valence electrons. The predicted octanol–water partition coefficient (Wildman–Crippen LogP) is 2.88. The lowest BCUT2D eigenvalue weighted by molar-refractivity contribution is -0.137. The van der Waals surface area contributed by atoms with Crippen molar-refractivity contribution in [3.05, 3.63) is 47.1 Å². The molecule has 2 aromatic rings. The van der Waals surface area contributed by atoms with Crippen LogP contribution < -0.4 is 10.6 Å². The number of rotatable bonds is 4. The summed E-state index contributed by atoms with van der Waals surface area (Å²) in [5.74, 6) is 1.43. The van der Waals surface area contributed by atoms with E-state index in [1.165, 1.54) is 12.1 Å². The van der Waals surface area contributed by atoms with Gasteiger partial charge in [-0.1, -0.05) is 17.3 Å². The molecule has 24 heavy (non-hydrogen) atoms. The van der Waals surface area contributed by atoms with Crippen molar-refractivity contribution >= 4 is 29.9 Å². The molecule has 0 atom stereocenters. The van der Waals surface area contributed by atoms with Crippen molar-refractivity contribution in [3.8, 4) is 0 Å². The normalized spacial score (nSPS) is 11.8. The third-order valence-electron chi connectivity index (χ3n) is 2.94. The number of aryl methyl sites for hydroxylation is 1. The fourth-order valence-corrected chi connectivity index (χ4v) is 1.79. The summed E-state index contributed by atoms with van der Waals surface area (Å²) in [5, 5.41) is 9.62. The van der Waals surface area contributed by atoms with Crippen LogP contribution in [0.5, 0.6) is 0 Å². The van der Waals surface area contributed by atoms with Gasteiger partial charge in [-0.15, -0.1) is 24.0 Å². The summed E-state index contributed by atoms with van der Waals surface area (Å²) >= 11 is 0. The molecule has 2 rings (SSSR count). The second kappa shape index (κ2) is 8.85. The molecule has 0 aliphatic carbocycles. The zero-order valence-electron chi connectivity index (χ0n) is 13.0. The van der Waals surface area contributed by atoms with E-state index < -0.39 is 11.7 Å². The Morgan fingerprint density at radius 2 is 1.79 bits per heavy atom. The molecule has 0 spiro atoms. The summed E-state index contributed by atoms with van der Waals surface area (Å²) in [5.41, 5.74) is 0.0325. The summed E-state index contributed by atoms with van der Waals surface area (Å²) in [6.07, 6.45) is -4.33. The number of benzene rings is 1. The van der Waals surface area contributed by atoms with Crippen LogP contribution in [0.25, 0.3) is 0 Å². The fourth-order valence-electron chi connectivity index (χ4n) is 1.79. The summed E-state index contributed by atoms with van der Waals surface area (Å²) in [4.78, 5) is 8.04. The van der Waals surface area contributed by atoms with E-state index in [-0.39, 0.29) is 24.0 Å². The maximum atomic E-state index is 12.5. The van der Waals surface area contributed by atoms with Gasteiger partial charge in [0.25, 0.3) is 0 Å². The van der Waals surface area contributed by atoms with Crippen molar-refractivity contribution in [1.82, 2.24) is 20.8 Å². The number of hydrogen-bond acceptors (Lipinski definition) is 4. The number of hydrogen-bond donors (Lipinski definition) is 2. The Labute approximate surface area is 153 Å². The highest BCUT2D eigenvalue weighted by Crippen LogP contribution is 2.28. The molecule has 0 aliphatic rings. The first-order chi connectivity index (χ1) is 10.9. The number of aromatic nitrogens is 2. The van der Waals surface area contributed by atoms with Gasteiger partial charge >= 0.3 is 6.18 Å². The quantitative estimate of drug-likeness (QED) is 0.422. The number of guanidine groups is 1. The van der Waals surface area contributed by atoms with Crippen molar-refractivity contribution in [2.45, 2.75) is 26.2 Å². The van der Waals surface area contributed by atoms with Crippen LogP contribution in [-0.2, 0) is 19.3 Å². The highest BCUT2D eigenvalue weighted by atomic mass is 127. The Balaban J connectivity index is 0.00000288. The first-order valence-electron chi connectivity index (χ1n) is 6.78. The lowest BCUT2D eigenvalue weighted by Crippen LogP contribution is -2.36. The van der Waals surface area contributed by atoms with Crippen molar-refractivity contribution in [2.75, 3.05) is 7.05 Å². The fraction of sp³-hybridized carbons (Fsp3) is 0.357. The molecular weight excluding hydrogens is 438 g/mol. The lowest BCUT2D eigenvalue weighted by atomic mass is 10.1. The van der Waals surface area contributed by atoms with Crippen LogP contribution in [0.2, 0.25) is 0 Å². The van der Waals surface area contributed by atoms with Gasteiger partial charge in [0.15, 0.2) is 11.8 Å². The van der Waals surface area contributed by atoms with Gasteiger partial charge in [0.2, 0.25) is 5.89 Å². The molecule has 6 nitrogen and oxygen atoms in total. The number of nitrogens with zero attached hydrogens (tertiary/aromatic N) is 3. The maximum Gasteiger partial charge on any atom is 0.416 e. The first kappa shape index (κ1) is 20.2.